The summed E-state index contributed by atoms with van der Waals surface area (Å²) < 4.78 is 25.7. The van der Waals surface area contributed by atoms with E-state index in [1.54, 1.807) is 6.92 Å². The Kier molecular flexibility index (Phi) is 5.51. The molecular formula is C17H20ClN3O3S. The van der Waals surface area contributed by atoms with Crippen LogP contribution in [0.25, 0.3) is 0 Å². The summed E-state index contributed by atoms with van der Waals surface area (Å²) in [6.07, 6.45) is 0. The lowest BCUT2D eigenvalue weighted by Crippen LogP contribution is -2.23. The van der Waals surface area contributed by atoms with Gasteiger partial charge in [0.15, 0.2) is 0 Å². The van der Waals surface area contributed by atoms with E-state index in [9.17, 15) is 13.2 Å². The van der Waals surface area contributed by atoms with Gasteiger partial charge in [0, 0.05) is 25.4 Å². The summed E-state index contributed by atoms with van der Waals surface area (Å²) >= 11 is 6.01. The number of amides is 1. The molecule has 1 heterocycles. The fraction of sp³-hybridized carbons (Fsp3) is 0.294. The van der Waals surface area contributed by atoms with Gasteiger partial charge >= 0.3 is 0 Å². The first-order chi connectivity index (χ1) is 11.5. The Morgan fingerprint density at radius 2 is 1.80 bits per heavy atom. The Balaban J connectivity index is 2.42. The third-order valence-corrected chi connectivity index (χ3v) is 6.01. The van der Waals surface area contributed by atoms with Gasteiger partial charge in [-0.25, -0.2) is 12.7 Å². The van der Waals surface area contributed by atoms with Crippen LogP contribution in [0.3, 0.4) is 0 Å². The van der Waals surface area contributed by atoms with Crippen molar-refractivity contribution < 1.29 is 13.2 Å². The highest BCUT2D eigenvalue weighted by atomic mass is 35.5. The fourth-order valence-electron chi connectivity index (χ4n) is 2.44. The minimum Gasteiger partial charge on any atom is -0.320 e. The Labute approximate surface area is 152 Å². The molecule has 0 aliphatic heterocycles. The first-order valence-corrected chi connectivity index (χ1v) is 9.34. The molecule has 1 aromatic heterocycles. The van der Waals surface area contributed by atoms with Crippen LogP contribution in [0.4, 0.5) is 5.69 Å². The molecule has 0 spiro atoms. The van der Waals surface area contributed by atoms with Gasteiger partial charge in [0.05, 0.1) is 16.4 Å². The molecule has 0 saturated heterocycles. The maximum absolute atomic E-state index is 12.6. The SMILES string of the molecule is Cc1cc(C)c(NC(=O)c2ccc(Cl)c(S(=O)(=O)N(C)C)c2)c(C)n1. The zero-order valence-electron chi connectivity index (χ0n) is 14.7. The molecule has 0 bridgehead atoms. The van der Waals surface area contributed by atoms with Crippen molar-refractivity contribution in [1.29, 1.82) is 0 Å². The number of anilines is 1. The minimum absolute atomic E-state index is 0.0645. The molecule has 0 atom stereocenters. The lowest BCUT2D eigenvalue weighted by atomic mass is 10.1. The first-order valence-electron chi connectivity index (χ1n) is 7.52. The Morgan fingerprint density at radius 3 is 2.36 bits per heavy atom. The normalized spacial score (nSPS) is 11.6. The highest BCUT2D eigenvalue weighted by Gasteiger charge is 2.22. The predicted molar refractivity (Wildman–Crippen MR) is 98.7 cm³/mol. The van der Waals surface area contributed by atoms with Crippen LogP contribution in [0.5, 0.6) is 0 Å². The van der Waals surface area contributed by atoms with E-state index < -0.39 is 15.9 Å². The van der Waals surface area contributed by atoms with E-state index >= 15 is 0 Å². The predicted octanol–water partition coefficient (Wildman–Crippen LogP) is 3.16. The lowest BCUT2D eigenvalue weighted by molar-refractivity contribution is 0.102. The largest absolute Gasteiger partial charge is 0.320 e. The van der Waals surface area contributed by atoms with Crippen molar-refractivity contribution in [2.45, 2.75) is 25.7 Å². The van der Waals surface area contributed by atoms with Crippen molar-refractivity contribution in [3.05, 3.63) is 51.8 Å². The number of carbonyl (C=O) groups excluding carboxylic acids is 1. The third kappa shape index (κ3) is 4.00. The molecule has 0 saturated carbocycles. The van der Waals surface area contributed by atoms with Crippen molar-refractivity contribution >= 4 is 33.2 Å². The molecule has 1 amide bonds. The third-order valence-electron chi connectivity index (χ3n) is 3.72. The summed E-state index contributed by atoms with van der Waals surface area (Å²) in [7, 11) is -0.938. The standard InChI is InChI=1S/C17H20ClN3O3S/c1-10-8-11(2)19-12(3)16(10)20-17(22)13-6-7-14(18)15(9-13)25(23,24)21(4)5/h6-9H,1-5H3,(H,20,22). The molecule has 0 unspecified atom stereocenters. The number of benzene rings is 1. The van der Waals surface area contributed by atoms with Gasteiger partial charge in [-0.2, -0.15) is 0 Å². The van der Waals surface area contributed by atoms with Crippen LogP contribution in [0.2, 0.25) is 5.02 Å². The second-order valence-electron chi connectivity index (χ2n) is 5.93. The van der Waals surface area contributed by atoms with Crippen molar-refractivity contribution in [3.63, 3.8) is 0 Å². The summed E-state index contributed by atoms with van der Waals surface area (Å²) in [6.45, 7) is 5.56. The molecule has 2 aromatic rings. The van der Waals surface area contributed by atoms with Gasteiger partial charge in [0.1, 0.15) is 4.90 Å². The van der Waals surface area contributed by atoms with Crippen LogP contribution in [-0.4, -0.2) is 37.7 Å². The molecule has 1 aromatic carbocycles. The minimum atomic E-state index is -3.75. The van der Waals surface area contributed by atoms with Gasteiger partial charge < -0.3 is 5.32 Å². The van der Waals surface area contributed by atoms with E-state index in [0.29, 0.717) is 11.4 Å². The van der Waals surface area contributed by atoms with Crippen molar-refractivity contribution in [1.82, 2.24) is 9.29 Å². The average molecular weight is 382 g/mol. The van der Waals surface area contributed by atoms with Crippen LogP contribution in [-0.2, 0) is 10.0 Å². The number of hydrogen-bond acceptors (Lipinski definition) is 4. The summed E-state index contributed by atoms with van der Waals surface area (Å²) in [5.74, 6) is -0.427. The zero-order chi connectivity index (χ0) is 18.9. The second kappa shape index (κ2) is 7.11. The quantitative estimate of drug-likeness (QED) is 0.882. The molecule has 0 aliphatic carbocycles. The number of nitrogens with zero attached hydrogens (tertiary/aromatic N) is 2. The van der Waals surface area contributed by atoms with Gasteiger partial charge in [0.2, 0.25) is 10.0 Å². The number of sulfonamides is 1. The molecule has 0 radical (unpaired) electrons. The zero-order valence-corrected chi connectivity index (χ0v) is 16.3. The Morgan fingerprint density at radius 1 is 1.16 bits per heavy atom. The molecule has 2 rings (SSSR count). The molecule has 25 heavy (non-hydrogen) atoms. The van der Waals surface area contributed by atoms with Crippen molar-refractivity contribution in [3.8, 4) is 0 Å². The maximum Gasteiger partial charge on any atom is 0.255 e. The molecule has 134 valence electrons. The smallest absolute Gasteiger partial charge is 0.255 e. The number of aromatic nitrogens is 1. The molecule has 6 nitrogen and oxygen atoms in total. The van der Waals surface area contributed by atoms with Crippen LogP contribution >= 0.6 is 11.6 Å². The van der Waals surface area contributed by atoms with Crippen LogP contribution in [0, 0.1) is 20.8 Å². The monoisotopic (exact) mass is 381 g/mol. The fourth-order valence-corrected chi connectivity index (χ4v) is 3.83. The summed E-state index contributed by atoms with van der Waals surface area (Å²) in [4.78, 5) is 16.8. The van der Waals surface area contributed by atoms with Gasteiger partial charge in [-0.1, -0.05) is 11.6 Å². The van der Waals surface area contributed by atoms with Gasteiger partial charge in [-0.3, -0.25) is 9.78 Å². The number of carbonyl (C=O) groups is 1. The van der Waals surface area contributed by atoms with Crippen LogP contribution in [0.15, 0.2) is 29.2 Å². The van der Waals surface area contributed by atoms with E-state index in [-0.39, 0.29) is 15.5 Å². The van der Waals surface area contributed by atoms with Gasteiger partial charge in [-0.15, -0.1) is 0 Å². The average Bonchev–Trinajstić information content (AvgIpc) is 2.50. The Hall–Kier alpha value is -1.96. The topological polar surface area (TPSA) is 79.4 Å². The highest BCUT2D eigenvalue weighted by molar-refractivity contribution is 7.89. The lowest BCUT2D eigenvalue weighted by Gasteiger charge is -2.15. The van der Waals surface area contributed by atoms with Crippen LogP contribution in [0.1, 0.15) is 27.3 Å². The molecule has 0 aliphatic rings. The van der Waals surface area contributed by atoms with Gasteiger partial charge in [0.25, 0.3) is 5.91 Å². The van der Waals surface area contributed by atoms with Crippen molar-refractivity contribution in [2.75, 3.05) is 19.4 Å². The van der Waals surface area contributed by atoms with E-state index in [0.717, 1.165) is 15.6 Å². The number of pyridine rings is 1. The summed E-state index contributed by atoms with van der Waals surface area (Å²) in [5.41, 5.74) is 3.25. The van der Waals surface area contributed by atoms with Gasteiger partial charge in [-0.05, 0) is 50.6 Å². The molecule has 8 heteroatoms. The second-order valence-corrected chi connectivity index (χ2v) is 8.46. The number of halogens is 1. The van der Waals surface area contributed by atoms with E-state index in [1.807, 2.05) is 19.9 Å². The maximum atomic E-state index is 12.6. The highest BCUT2D eigenvalue weighted by Crippen LogP contribution is 2.26. The number of rotatable bonds is 4. The van der Waals surface area contributed by atoms with E-state index in [4.69, 9.17) is 11.6 Å². The number of aryl methyl sites for hydroxylation is 3. The molecular weight excluding hydrogens is 362 g/mol. The van der Waals surface area contributed by atoms with Crippen molar-refractivity contribution in [2.24, 2.45) is 0 Å². The molecule has 0 fully saturated rings. The summed E-state index contributed by atoms with van der Waals surface area (Å²) in [5, 5.41) is 2.86. The number of nitrogens with one attached hydrogen (secondary N) is 1. The Bertz CT molecular complexity index is 917. The molecule has 1 N–H and O–H groups in total. The van der Waals surface area contributed by atoms with E-state index in [1.165, 1.54) is 32.3 Å². The number of hydrogen-bond donors (Lipinski definition) is 1. The van der Waals surface area contributed by atoms with Crippen LogP contribution < -0.4 is 5.32 Å². The summed E-state index contributed by atoms with van der Waals surface area (Å²) in [6, 6.07) is 6.03. The first kappa shape index (κ1) is 19.4. The van der Waals surface area contributed by atoms with E-state index in [2.05, 4.69) is 10.3 Å².